The summed E-state index contributed by atoms with van der Waals surface area (Å²) in [5.41, 5.74) is 1.63. The Morgan fingerprint density at radius 1 is 1.08 bits per heavy atom. The highest BCUT2D eigenvalue weighted by molar-refractivity contribution is 6.36. The van der Waals surface area contributed by atoms with E-state index in [1.165, 1.54) is 0 Å². The fraction of sp³-hybridized carbons (Fsp3) is 0.158. The highest BCUT2D eigenvalue weighted by atomic mass is 16.2. The van der Waals surface area contributed by atoms with Crippen molar-refractivity contribution in [1.82, 2.24) is 15.3 Å². The van der Waals surface area contributed by atoms with Crippen molar-refractivity contribution >= 4 is 22.7 Å². The molecule has 0 aliphatic heterocycles. The number of H-pyrrole nitrogens is 1. The Hall–Kier alpha value is -3.28. The van der Waals surface area contributed by atoms with E-state index in [-0.39, 0.29) is 18.2 Å². The summed E-state index contributed by atoms with van der Waals surface area (Å²) in [5, 5.41) is 2.64. The number of nitrogens with zero attached hydrogens (tertiary/aromatic N) is 1. The molecule has 6 nitrogen and oxygen atoms in total. The summed E-state index contributed by atoms with van der Waals surface area (Å²) in [6.07, 6.45) is -0.340. The zero-order chi connectivity index (χ0) is 17.8. The summed E-state index contributed by atoms with van der Waals surface area (Å²) in [6, 6.07) is 16.0. The molecular formula is C19H17N3O3. The average molecular weight is 335 g/mol. The van der Waals surface area contributed by atoms with Gasteiger partial charge < -0.3 is 10.3 Å². The van der Waals surface area contributed by atoms with Gasteiger partial charge in [-0.25, -0.2) is 4.98 Å². The Kier molecular flexibility index (Phi) is 4.70. The molecule has 0 radical (unpaired) electrons. The number of aromatic amines is 1. The molecule has 126 valence electrons. The fourth-order valence-corrected chi connectivity index (χ4v) is 2.52. The van der Waals surface area contributed by atoms with Crippen LogP contribution in [0.2, 0.25) is 0 Å². The van der Waals surface area contributed by atoms with Gasteiger partial charge in [0.15, 0.2) is 0 Å². The van der Waals surface area contributed by atoms with E-state index in [0.29, 0.717) is 11.0 Å². The normalized spacial score (nSPS) is 11.9. The molecule has 0 fully saturated rings. The van der Waals surface area contributed by atoms with E-state index in [9.17, 15) is 14.4 Å². The third-order valence-electron chi connectivity index (χ3n) is 3.90. The number of para-hydroxylation sites is 2. The van der Waals surface area contributed by atoms with Crippen molar-refractivity contribution in [3.05, 3.63) is 76.2 Å². The number of benzene rings is 2. The van der Waals surface area contributed by atoms with Crippen LogP contribution in [0.3, 0.4) is 0 Å². The highest BCUT2D eigenvalue weighted by Gasteiger charge is 2.19. The van der Waals surface area contributed by atoms with E-state index in [4.69, 9.17) is 0 Å². The molecule has 0 aliphatic rings. The number of Topliss-reactive ketones (excluding diaryl/α,β-unsaturated/α-hetero) is 1. The standard InChI is InChI=1S/C19H17N3O3/c1-12(13-7-3-2-4-8-13)20-19(25)17(23)11-16-18(24)22-15-10-6-5-9-14(15)21-16/h2-10,12H,11H2,1H3,(H,20,25)(H,22,24)/t12-/m0/s1. The van der Waals surface area contributed by atoms with Crippen LogP contribution in [0.25, 0.3) is 11.0 Å². The van der Waals surface area contributed by atoms with Gasteiger partial charge in [0.2, 0.25) is 5.78 Å². The zero-order valence-electron chi connectivity index (χ0n) is 13.7. The van der Waals surface area contributed by atoms with Gasteiger partial charge in [0.05, 0.1) is 23.5 Å². The molecule has 25 heavy (non-hydrogen) atoms. The van der Waals surface area contributed by atoms with Crippen LogP contribution in [0.4, 0.5) is 0 Å². The lowest BCUT2D eigenvalue weighted by molar-refractivity contribution is -0.138. The van der Waals surface area contributed by atoms with Gasteiger partial charge in [-0.05, 0) is 24.6 Å². The summed E-state index contributed by atoms with van der Waals surface area (Å²) in [4.78, 5) is 43.2. The number of rotatable bonds is 5. The number of carbonyl (C=O) groups is 2. The molecule has 1 heterocycles. The molecule has 1 amide bonds. The molecule has 0 bridgehead atoms. The van der Waals surface area contributed by atoms with Gasteiger partial charge in [0.25, 0.3) is 11.5 Å². The van der Waals surface area contributed by atoms with Gasteiger partial charge in [-0.15, -0.1) is 0 Å². The van der Waals surface area contributed by atoms with Crippen molar-refractivity contribution in [2.45, 2.75) is 19.4 Å². The highest BCUT2D eigenvalue weighted by Crippen LogP contribution is 2.11. The molecule has 0 saturated carbocycles. The Morgan fingerprint density at radius 2 is 1.76 bits per heavy atom. The fourth-order valence-electron chi connectivity index (χ4n) is 2.52. The van der Waals surface area contributed by atoms with Crippen molar-refractivity contribution in [2.75, 3.05) is 0 Å². The van der Waals surface area contributed by atoms with Gasteiger partial charge in [0.1, 0.15) is 5.69 Å². The third-order valence-corrected chi connectivity index (χ3v) is 3.90. The van der Waals surface area contributed by atoms with Crippen LogP contribution < -0.4 is 10.9 Å². The number of ketones is 1. The third kappa shape index (κ3) is 3.80. The van der Waals surface area contributed by atoms with Gasteiger partial charge >= 0.3 is 0 Å². The lowest BCUT2D eigenvalue weighted by atomic mass is 10.1. The molecule has 0 aliphatic carbocycles. The average Bonchev–Trinajstić information content (AvgIpc) is 2.63. The first-order chi connectivity index (χ1) is 12.0. The van der Waals surface area contributed by atoms with E-state index in [1.807, 2.05) is 30.3 Å². The molecule has 3 rings (SSSR count). The van der Waals surface area contributed by atoms with Gasteiger partial charge in [-0.1, -0.05) is 42.5 Å². The molecule has 0 saturated heterocycles. The smallest absolute Gasteiger partial charge is 0.288 e. The molecule has 1 aromatic heterocycles. The van der Waals surface area contributed by atoms with E-state index in [0.717, 1.165) is 5.56 Å². The van der Waals surface area contributed by atoms with E-state index in [1.54, 1.807) is 31.2 Å². The number of carbonyl (C=O) groups excluding carboxylic acids is 2. The Labute approximate surface area is 143 Å². The minimum absolute atomic E-state index is 0.0335. The van der Waals surface area contributed by atoms with Gasteiger partial charge in [-0.3, -0.25) is 14.4 Å². The molecule has 2 aromatic carbocycles. The number of hydrogen-bond acceptors (Lipinski definition) is 4. The zero-order valence-corrected chi connectivity index (χ0v) is 13.7. The van der Waals surface area contributed by atoms with Crippen molar-refractivity contribution in [2.24, 2.45) is 0 Å². The van der Waals surface area contributed by atoms with Crippen LogP contribution in [-0.2, 0) is 16.0 Å². The van der Waals surface area contributed by atoms with Crippen LogP contribution in [-0.4, -0.2) is 21.7 Å². The molecule has 0 spiro atoms. The maximum atomic E-state index is 12.2. The maximum absolute atomic E-state index is 12.2. The van der Waals surface area contributed by atoms with Crippen LogP contribution in [0, 0.1) is 0 Å². The van der Waals surface area contributed by atoms with Crippen LogP contribution in [0.1, 0.15) is 24.2 Å². The minimum atomic E-state index is -0.731. The van der Waals surface area contributed by atoms with Crippen LogP contribution >= 0.6 is 0 Å². The molecule has 3 aromatic rings. The SMILES string of the molecule is C[C@H](NC(=O)C(=O)Cc1nc2ccccc2[nH]c1=O)c1ccccc1. The quantitative estimate of drug-likeness (QED) is 0.697. The van der Waals surface area contributed by atoms with Gasteiger partial charge in [0, 0.05) is 0 Å². The number of aromatic nitrogens is 2. The van der Waals surface area contributed by atoms with Crippen LogP contribution in [0.5, 0.6) is 0 Å². The summed E-state index contributed by atoms with van der Waals surface area (Å²) >= 11 is 0. The van der Waals surface area contributed by atoms with Crippen molar-refractivity contribution < 1.29 is 9.59 Å². The summed E-state index contributed by atoms with van der Waals surface area (Å²) < 4.78 is 0. The summed E-state index contributed by atoms with van der Waals surface area (Å²) in [6.45, 7) is 1.79. The first kappa shape index (κ1) is 16.6. The number of hydrogen-bond donors (Lipinski definition) is 2. The Balaban J connectivity index is 1.72. The Morgan fingerprint density at radius 3 is 2.52 bits per heavy atom. The van der Waals surface area contributed by atoms with Gasteiger partial charge in [-0.2, -0.15) is 0 Å². The predicted molar refractivity (Wildman–Crippen MR) is 94.1 cm³/mol. The molecule has 1 atom stereocenters. The van der Waals surface area contributed by atoms with E-state index >= 15 is 0 Å². The maximum Gasteiger partial charge on any atom is 0.288 e. The van der Waals surface area contributed by atoms with E-state index < -0.39 is 17.2 Å². The predicted octanol–water partition coefficient (Wildman–Crippen LogP) is 1.91. The second kappa shape index (κ2) is 7.09. The second-order valence-electron chi connectivity index (χ2n) is 5.74. The summed E-state index contributed by atoms with van der Waals surface area (Å²) in [5.74, 6) is -1.43. The largest absolute Gasteiger partial charge is 0.343 e. The topological polar surface area (TPSA) is 91.9 Å². The molecule has 6 heteroatoms. The molecular weight excluding hydrogens is 318 g/mol. The monoisotopic (exact) mass is 335 g/mol. The minimum Gasteiger partial charge on any atom is -0.343 e. The van der Waals surface area contributed by atoms with Crippen molar-refractivity contribution in [1.29, 1.82) is 0 Å². The first-order valence-corrected chi connectivity index (χ1v) is 7.91. The molecule has 2 N–H and O–H groups in total. The summed E-state index contributed by atoms with van der Waals surface area (Å²) in [7, 11) is 0. The van der Waals surface area contributed by atoms with E-state index in [2.05, 4.69) is 15.3 Å². The number of fused-ring (bicyclic) bond motifs is 1. The van der Waals surface area contributed by atoms with Crippen molar-refractivity contribution in [3.8, 4) is 0 Å². The van der Waals surface area contributed by atoms with Crippen LogP contribution in [0.15, 0.2) is 59.4 Å². The molecule has 0 unspecified atom stereocenters. The number of nitrogens with one attached hydrogen (secondary N) is 2. The Bertz CT molecular complexity index is 980. The lowest BCUT2D eigenvalue weighted by Crippen LogP contribution is -2.35. The number of amides is 1. The first-order valence-electron chi connectivity index (χ1n) is 7.91. The lowest BCUT2D eigenvalue weighted by Gasteiger charge is -2.13. The van der Waals surface area contributed by atoms with Crippen molar-refractivity contribution in [3.63, 3.8) is 0 Å². The second-order valence-corrected chi connectivity index (χ2v) is 5.74.